The highest BCUT2D eigenvalue weighted by Gasteiger charge is 2.42. The molecular formula is C13H26O8. The molecule has 1 heterocycles. The van der Waals surface area contributed by atoms with Crippen LogP contribution in [0.4, 0.5) is 0 Å². The van der Waals surface area contributed by atoms with Crippen LogP contribution in [0, 0.1) is 0 Å². The second-order valence-corrected chi connectivity index (χ2v) is 4.84. The van der Waals surface area contributed by atoms with Gasteiger partial charge in [0.15, 0.2) is 6.29 Å². The van der Waals surface area contributed by atoms with Crippen molar-refractivity contribution < 1.29 is 39.4 Å². The molecule has 8 heteroatoms. The van der Waals surface area contributed by atoms with Crippen LogP contribution in [-0.4, -0.2) is 90.8 Å². The minimum atomic E-state index is -1.54. The average Bonchev–Trinajstić information content (AvgIpc) is 2.48. The molecule has 5 atom stereocenters. The molecule has 0 aliphatic carbocycles. The molecule has 0 bridgehead atoms. The van der Waals surface area contributed by atoms with Gasteiger partial charge in [-0.3, -0.25) is 0 Å². The summed E-state index contributed by atoms with van der Waals surface area (Å²) in [6.45, 7) is 4.40. The fraction of sp³-hybridized carbons (Fsp3) is 1.00. The van der Waals surface area contributed by atoms with E-state index in [9.17, 15) is 20.4 Å². The first-order valence-corrected chi connectivity index (χ1v) is 7.18. The van der Waals surface area contributed by atoms with Crippen molar-refractivity contribution in [2.75, 3.05) is 39.6 Å². The van der Waals surface area contributed by atoms with E-state index in [0.29, 0.717) is 26.4 Å². The molecule has 0 spiro atoms. The van der Waals surface area contributed by atoms with Crippen LogP contribution in [-0.2, 0) is 18.9 Å². The maximum absolute atomic E-state index is 9.67. The summed E-state index contributed by atoms with van der Waals surface area (Å²) in [6.07, 6.45) is -5.77. The molecule has 0 radical (unpaired) electrons. The van der Waals surface area contributed by atoms with E-state index in [4.69, 9.17) is 18.9 Å². The van der Waals surface area contributed by atoms with Gasteiger partial charge in [-0.15, -0.1) is 0 Å². The Balaban J connectivity index is 2.04. The van der Waals surface area contributed by atoms with Crippen molar-refractivity contribution in [2.24, 2.45) is 0 Å². The van der Waals surface area contributed by atoms with Gasteiger partial charge in [-0.25, -0.2) is 0 Å². The number of rotatable bonds is 10. The predicted molar refractivity (Wildman–Crippen MR) is 71.6 cm³/mol. The first kappa shape index (κ1) is 18.7. The molecular weight excluding hydrogens is 284 g/mol. The predicted octanol–water partition coefficient (Wildman–Crippen LogP) is -1.75. The second-order valence-electron chi connectivity index (χ2n) is 4.84. The van der Waals surface area contributed by atoms with Crippen molar-refractivity contribution in [3.05, 3.63) is 0 Å². The van der Waals surface area contributed by atoms with Crippen molar-refractivity contribution in [1.82, 2.24) is 0 Å². The highest BCUT2D eigenvalue weighted by atomic mass is 16.6. The maximum atomic E-state index is 9.67. The zero-order chi connectivity index (χ0) is 15.7. The SMILES string of the molecule is CCCOCCOCCOCC1O[C@H](O)C(O)[C@@H](O)[C@@H]1O. The summed E-state index contributed by atoms with van der Waals surface area (Å²) in [7, 11) is 0. The number of aliphatic hydroxyl groups is 4. The monoisotopic (exact) mass is 310 g/mol. The smallest absolute Gasteiger partial charge is 0.184 e. The van der Waals surface area contributed by atoms with Crippen LogP contribution >= 0.6 is 0 Å². The van der Waals surface area contributed by atoms with Crippen LogP contribution < -0.4 is 0 Å². The number of hydrogen-bond donors (Lipinski definition) is 4. The van der Waals surface area contributed by atoms with Gasteiger partial charge in [-0.1, -0.05) is 6.92 Å². The Hall–Kier alpha value is -0.320. The Labute approximate surface area is 124 Å². The van der Waals surface area contributed by atoms with Crippen molar-refractivity contribution in [3.8, 4) is 0 Å². The Kier molecular flexibility index (Phi) is 9.29. The van der Waals surface area contributed by atoms with Crippen molar-refractivity contribution in [3.63, 3.8) is 0 Å². The molecule has 0 aromatic carbocycles. The van der Waals surface area contributed by atoms with Gasteiger partial charge in [0.2, 0.25) is 0 Å². The molecule has 1 fully saturated rings. The van der Waals surface area contributed by atoms with Gasteiger partial charge >= 0.3 is 0 Å². The zero-order valence-corrected chi connectivity index (χ0v) is 12.3. The maximum Gasteiger partial charge on any atom is 0.184 e. The van der Waals surface area contributed by atoms with Crippen LogP contribution in [0.2, 0.25) is 0 Å². The normalized spacial score (nSPS) is 33.3. The lowest BCUT2D eigenvalue weighted by atomic mass is 9.99. The molecule has 0 aromatic rings. The summed E-state index contributed by atoms with van der Waals surface area (Å²) in [5, 5.41) is 37.8. The molecule has 4 N–H and O–H groups in total. The van der Waals surface area contributed by atoms with E-state index in [-0.39, 0.29) is 13.2 Å². The van der Waals surface area contributed by atoms with Crippen LogP contribution in [0.5, 0.6) is 0 Å². The Morgan fingerprint density at radius 3 is 1.95 bits per heavy atom. The fourth-order valence-corrected chi connectivity index (χ4v) is 1.85. The molecule has 2 unspecified atom stereocenters. The van der Waals surface area contributed by atoms with E-state index in [2.05, 4.69) is 0 Å². The molecule has 126 valence electrons. The molecule has 1 saturated heterocycles. The van der Waals surface area contributed by atoms with Crippen LogP contribution in [0.3, 0.4) is 0 Å². The standard InChI is InChI=1S/C13H26O8/c1-2-3-18-4-5-19-6-7-20-8-9-10(14)11(15)12(16)13(17)21-9/h9-17H,2-8H2,1H3/t9?,10-,11+,12?,13+/m1/s1. The quantitative estimate of drug-likeness (QED) is 0.351. The van der Waals surface area contributed by atoms with E-state index in [0.717, 1.165) is 6.42 Å². The summed E-state index contributed by atoms with van der Waals surface area (Å²) in [6, 6.07) is 0. The summed E-state index contributed by atoms with van der Waals surface area (Å²) in [5.41, 5.74) is 0. The van der Waals surface area contributed by atoms with Gasteiger partial charge in [0.25, 0.3) is 0 Å². The van der Waals surface area contributed by atoms with E-state index in [1.165, 1.54) is 0 Å². The van der Waals surface area contributed by atoms with Gasteiger partial charge in [-0.2, -0.15) is 0 Å². The molecule has 0 amide bonds. The molecule has 8 nitrogen and oxygen atoms in total. The Bertz CT molecular complexity index is 265. The average molecular weight is 310 g/mol. The molecule has 21 heavy (non-hydrogen) atoms. The van der Waals surface area contributed by atoms with Crippen LogP contribution in [0.25, 0.3) is 0 Å². The first-order valence-electron chi connectivity index (χ1n) is 7.18. The Morgan fingerprint density at radius 1 is 0.762 bits per heavy atom. The van der Waals surface area contributed by atoms with Crippen LogP contribution in [0.15, 0.2) is 0 Å². The second kappa shape index (κ2) is 10.4. The van der Waals surface area contributed by atoms with E-state index < -0.39 is 30.7 Å². The van der Waals surface area contributed by atoms with Crippen molar-refractivity contribution in [1.29, 1.82) is 0 Å². The summed E-state index contributed by atoms with van der Waals surface area (Å²) >= 11 is 0. The fourth-order valence-electron chi connectivity index (χ4n) is 1.85. The molecule has 1 aliphatic heterocycles. The molecule has 0 aromatic heterocycles. The first-order chi connectivity index (χ1) is 10.1. The molecule has 1 rings (SSSR count). The van der Waals surface area contributed by atoms with Gasteiger partial charge in [-0.05, 0) is 6.42 Å². The zero-order valence-electron chi connectivity index (χ0n) is 12.3. The lowest BCUT2D eigenvalue weighted by Crippen LogP contribution is -2.58. The molecule has 0 saturated carbocycles. The third kappa shape index (κ3) is 6.54. The van der Waals surface area contributed by atoms with Gasteiger partial charge in [0.05, 0.1) is 33.0 Å². The number of aliphatic hydroxyl groups excluding tert-OH is 4. The highest BCUT2D eigenvalue weighted by Crippen LogP contribution is 2.19. The minimum absolute atomic E-state index is 0.0162. The third-order valence-corrected chi connectivity index (χ3v) is 3.06. The van der Waals surface area contributed by atoms with Crippen molar-refractivity contribution >= 4 is 0 Å². The van der Waals surface area contributed by atoms with Gasteiger partial charge in [0.1, 0.15) is 24.4 Å². The van der Waals surface area contributed by atoms with Crippen molar-refractivity contribution in [2.45, 2.75) is 44.1 Å². The molecule has 1 aliphatic rings. The lowest BCUT2D eigenvalue weighted by molar-refractivity contribution is -0.288. The van der Waals surface area contributed by atoms with E-state index in [1.54, 1.807) is 0 Å². The minimum Gasteiger partial charge on any atom is -0.387 e. The highest BCUT2D eigenvalue weighted by molar-refractivity contribution is 4.88. The summed E-state index contributed by atoms with van der Waals surface area (Å²) < 4.78 is 20.7. The number of ether oxygens (including phenoxy) is 4. The summed E-state index contributed by atoms with van der Waals surface area (Å²) in [5.74, 6) is 0. The largest absolute Gasteiger partial charge is 0.387 e. The van der Waals surface area contributed by atoms with Gasteiger partial charge in [0, 0.05) is 6.61 Å². The number of hydrogen-bond acceptors (Lipinski definition) is 8. The Morgan fingerprint density at radius 2 is 1.33 bits per heavy atom. The van der Waals surface area contributed by atoms with E-state index >= 15 is 0 Å². The van der Waals surface area contributed by atoms with Crippen LogP contribution in [0.1, 0.15) is 13.3 Å². The van der Waals surface area contributed by atoms with Gasteiger partial charge < -0.3 is 39.4 Å². The lowest BCUT2D eigenvalue weighted by Gasteiger charge is -2.38. The summed E-state index contributed by atoms with van der Waals surface area (Å²) in [4.78, 5) is 0. The van der Waals surface area contributed by atoms with E-state index in [1.807, 2.05) is 6.92 Å². The third-order valence-electron chi connectivity index (χ3n) is 3.06. The topological polar surface area (TPSA) is 118 Å².